The van der Waals surface area contributed by atoms with Gasteiger partial charge in [-0.05, 0) is 12.1 Å². The van der Waals surface area contributed by atoms with Gasteiger partial charge in [-0.2, -0.15) is 13.2 Å². The van der Waals surface area contributed by atoms with Crippen LogP contribution >= 0.6 is 12.2 Å². The minimum absolute atomic E-state index is 0.0641. The van der Waals surface area contributed by atoms with E-state index < -0.39 is 11.7 Å². The summed E-state index contributed by atoms with van der Waals surface area (Å²) in [5.41, 5.74) is 4.52. The first-order valence-electron chi connectivity index (χ1n) is 4.77. The fourth-order valence-electron chi connectivity index (χ4n) is 1.47. The van der Waals surface area contributed by atoms with E-state index in [-0.39, 0.29) is 16.6 Å². The van der Waals surface area contributed by atoms with Crippen LogP contribution in [0.1, 0.15) is 11.4 Å². The Morgan fingerprint density at radius 2 is 2.00 bits per heavy atom. The molecule has 0 radical (unpaired) electrons. The van der Waals surface area contributed by atoms with Crippen molar-refractivity contribution in [2.45, 2.75) is 6.18 Å². The van der Waals surface area contributed by atoms with Crippen molar-refractivity contribution in [2.75, 3.05) is 0 Å². The molecule has 2 rings (SSSR count). The third kappa shape index (κ3) is 2.19. The number of alkyl halides is 3. The molecule has 0 fully saturated rings. The van der Waals surface area contributed by atoms with Crippen LogP contribution in [0.25, 0.3) is 5.82 Å². The second-order valence-electron chi connectivity index (χ2n) is 3.36. The number of halogens is 3. The van der Waals surface area contributed by atoms with E-state index in [4.69, 9.17) is 18.0 Å². The van der Waals surface area contributed by atoms with Gasteiger partial charge in [-0.1, -0.05) is 12.2 Å². The number of imidazole rings is 1. The van der Waals surface area contributed by atoms with Crippen LogP contribution in [0.4, 0.5) is 13.2 Å². The molecular formula is C10H7F3N4S. The summed E-state index contributed by atoms with van der Waals surface area (Å²) in [6, 6.07) is 2.15. The summed E-state index contributed by atoms with van der Waals surface area (Å²) in [4.78, 5) is 7.42. The highest BCUT2D eigenvalue weighted by atomic mass is 32.1. The summed E-state index contributed by atoms with van der Waals surface area (Å²) < 4.78 is 39.6. The molecule has 0 atom stereocenters. The van der Waals surface area contributed by atoms with Crippen LogP contribution in [-0.2, 0) is 6.18 Å². The highest BCUT2D eigenvalue weighted by molar-refractivity contribution is 7.80. The summed E-state index contributed by atoms with van der Waals surface area (Å²) in [6.45, 7) is 0. The van der Waals surface area contributed by atoms with E-state index in [1.807, 2.05) is 0 Å². The van der Waals surface area contributed by atoms with Gasteiger partial charge in [0.1, 0.15) is 4.99 Å². The minimum Gasteiger partial charge on any atom is -0.387 e. The highest BCUT2D eigenvalue weighted by Crippen LogP contribution is 2.32. The van der Waals surface area contributed by atoms with Gasteiger partial charge >= 0.3 is 6.18 Å². The monoisotopic (exact) mass is 272 g/mol. The topological polar surface area (TPSA) is 56.7 Å². The Labute approximate surface area is 105 Å². The Hall–Kier alpha value is -1.96. The van der Waals surface area contributed by atoms with Crippen LogP contribution < -0.4 is 5.73 Å². The number of rotatable bonds is 2. The molecule has 8 heteroatoms. The maximum Gasteiger partial charge on any atom is 0.419 e. The maximum atomic E-state index is 12.8. The second-order valence-corrected chi connectivity index (χ2v) is 3.80. The van der Waals surface area contributed by atoms with Crippen LogP contribution in [0.5, 0.6) is 0 Å². The normalized spacial score (nSPS) is 11.5. The molecule has 0 aliphatic heterocycles. The first kappa shape index (κ1) is 12.5. The molecule has 2 aromatic rings. The lowest BCUT2D eigenvalue weighted by atomic mass is 10.2. The van der Waals surface area contributed by atoms with Crippen molar-refractivity contribution in [3.63, 3.8) is 0 Å². The summed E-state index contributed by atoms with van der Waals surface area (Å²) >= 11 is 4.73. The molecule has 4 nitrogen and oxygen atoms in total. The number of pyridine rings is 1. The smallest absolute Gasteiger partial charge is 0.387 e. The van der Waals surface area contributed by atoms with Gasteiger partial charge in [0, 0.05) is 18.6 Å². The second kappa shape index (κ2) is 4.37. The van der Waals surface area contributed by atoms with Gasteiger partial charge in [0.2, 0.25) is 0 Å². The lowest BCUT2D eigenvalue weighted by Crippen LogP contribution is -2.19. The summed E-state index contributed by atoms with van der Waals surface area (Å²) in [5, 5.41) is 0. The van der Waals surface area contributed by atoms with Crippen LogP contribution in [-0.4, -0.2) is 19.5 Å². The molecular weight excluding hydrogens is 265 g/mol. The molecule has 0 spiro atoms. The molecule has 0 saturated heterocycles. The van der Waals surface area contributed by atoms with Crippen molar-refractivity contribution in [1.29, 1.82) is 0 Å². The van der Waals surface area contributed by atoms with Crippen molar-refractivity contribution in [3.8, 4) is 5.82 Å². The van der Waals surface area contributed by atoms with Crippen LogP contribution in [0.15, 0.2) is 30.7 Å². The van der Waals surface area contributed by atoms with Gasteiger partial charge in [-0.15, -0.1) is 0 Å². The molecule has 2 N–H and O–H groups in total. The Balaban J connectivity index is 2.65. The van der Waals surface area contributed by atoms with Crippen LogP contribution in [0, 0.1) is 0 Å². The molecule has 0 aliphatic rings. The molecule has 0 bridgehead atoms. The highest BCUT2D eigenvalue weighted by Gasteiger charge is 2.35. The summed E-state index contributed by atoms with van der Waals surface area (Å²) in [5.74, 6) is -0.237. The average molecular weight is 272 g/mol. The molecule has 2 heterocycles. The van der Waals surface area contributed by atoms with Gasteiger partial charge in [-0.3, -0.25) is 4.57 Å². The Bertz CT molecular complexity index is 591. The van der Waals surface area contributed by atoms with Gasteiger partial charge in [0.25, 0.3) is 0 Å². The molecule has 0 unspecified atom stereocenters. The zero-order valence-corrected chi connectivity index (χ0v) is 9.66. The standard InChI is InChI=1S/C10H7F3N4S/c11-10(12,13)6-2-1-3-15-8(6)17-5-4-16-9(17)7(14)18/h1-5H,(H2,14,18). The predicted molar refractivity (Wildman–Crippen MR) is 62.2 cm³/mol. The molecule has 0 saturated carbocycles. The number of hydrogen-bond donors (Lipinski definition) is 1. The SMILES string of the molecule is NC(=S)c1nccn1-c1ncccc1C(F)(F)F. The Morgan fingerprint density at radius 1 is 1.28 bits per heavy atom. The quantitative estimate of drug-likeness (QED) is 0.849. The van der Waals surface area contributed by atoms with Crippen molar-refractivity contribution < 1.29 is 13.2 Å². The molecule has 0 aliphatic carbocycles. The average Bonchev–Trinajstić information content (AvgIpc) is 2.76. The first-order valence-corrected chi connectivity index (χ1v) is 5.18. The third-order valence-electron chi connectivity index (χ3n) is 2.18. The van der Waals surface area contributed by atoms with E-state index in [0.717, 1.165) is 10.6 Å². The lowest BCUT2D eigenvalue weighted by molar-refractivity contribution is -0.137. The Kier molecular flexibility index (Phi) is 3.04. The van der Waals surface area contributed by atoms with Crippen LogP contribution in [0.2, 0.25) is 0 Å². The number of hydrogen-bond acceptors (Lipinski definition) is 3. The Morgan fingerprint density at radius 3 is 2.61 bits per heavy atom. The number of nitrogens with zero attached hydrogens (tertiary/aromatic N) is 3. The zero-order chi connectivity index (χ0) is 13.3. The van der Waals surface area contributed by atoms with Gasteiger partial charge < -0.3 is 5.73 Å². The predicted octanol–water partition coefficient (Wildman–Crippen LogP) is 1.92. The van der Waals surface area contributed by atoms with E-state index in [0.29, 0.717) is 0 Å². The fourth-order valence-corrected chi connectivity index (χ4v) is 1.62. The molecule has 94 valence electrons. The van der Waals surface area contributed by atoms with E-state index in [9.17, 15) is 13.2 Å². The van der Waals surface area contributed by atoms with E-state index in [1.165, 1.54) is 24.7 Å². The van der Waals surface area contributed by atoms with Crippen molar-refractivity contribution in [3.05, 3.63) is 42.1 Å². The number of nitrogens with two attached hydrogens (primary N) is 1. The summed E-state index contributed by atoms with van der Waals surface area (Å²) in [7, 11) is 0. The van der Waals surface area contributed by atoms with E-state index in [1.54, 1.807) is 0 Å². The first-order chi connectivity index (χ1) is 8.41. The molecule has 18 heavy (non-hydrogen) atoms. The maximum absolute atomic E-state index is 12.8. The molecule has 0 aromatic carbocycles. The minimum atomic E-state index is -4.51. The van der Waals surface area contributed by atoms with Gasteiger partial charge in [-0.25, -0.2) is 9.97 Å². The number of thiocarbonyl (C=S) groups is 1. The third-order valence-corrected chi connectivity index (χ3v) is 2.36. The zero-order valence-electron chi connectivity index (χ0n) is 8.85. The van der Waals surface area contributed by atoms with Gasteiger partial charge in [0.15, 0.2) is 11.6 Å². The lowest BCUT2D eigenvalue weighted by Gasteiger charge is -2.13. The van der Waals surface area contributed by atoms with Crippen LogP contribution in [0.3, 0.4) is 0 Å². The largest absolute Gasteiger partial charge is 0.419 e. The number of aromatic nitrogens is 3. The molecule has 2 aromatic heterocycles. The van der Waals surface area contributed by atoms with E-state index >= 15 is 0 Å². The van der Waals surface area contributed by atoms with Crippen molar-refractivity contribution >= 4 is 17.2 Å². The summed E-state index contributed by atoms with van der Waals surface area (Å²) in [6.07, 6.45) is -0.620. The fraction of sp³-hybridized carbons (Fsp3) is 0.100. The van der Waals surface area contributed by atoms with Crippen molar-refractivity contribution in [2.24, 2.45) is 5.73 Å². The van der Waals surface area contributed by atoms with Crippen molar-refractivity contribution in [1.82, 2.24) is 14.5 Å². The molecule has 0 amide bonds. The van der Waals surface area contributed by atoms with Gasteiger partial charge in [0.05, 0.1) is 5.56 Å². The van der Waals surface area contributed by atoms with E-state index in [2.05, 4.69) is 9.97 Å².